The number of para-hydroxylation sites is 1. The molecule has 0 saturated heterocycles. The SMILES string of the molecule is NCC(c1cccc(Br)c1)N1CCc2ccccc21. The first kappa shape index (κ1) is 12.7. The van der Waals surface area contributed by atoms with Crippen LogP contribution in [-0.2, 0) is 6.42 Å². The molecular formula is C16H17BrN2. The average molecular weight is 317 g/mol. The quantitative estimate of drug-likeness (QED) is 0.939. The first-order valence-electron chi connectivity index (χ1n) is 6.59. The summed E-state index contributed by atoms with van der Waals surface area (Å²) in [7, 11) is 0. The molecule has 3 rings (SSSR count). The topological polar surface area (TPSA) is 29.3 Å². The maximum absolute atomic E-state index is 6.03. The Morgan fingerprint density at radius 1 is 1.16 bits per heavy atom. The highest BCUT2D eigenvalue weighted by Gasteiger charge is 2.25. The minimum atomic E-state index is 0.251. The van der Waals surface area contributed by atoms with Gasteiger partial charge in [-0.1, -0.05) is 46.3 Å². The van der Waals surface area contributed by atoms with Gasteiger partial charge >= 0.3 is 0 Å². The lowest BCUT2D eigenvalue weighted by molar-refractivity contribution is 0.649. The van der Waals surface area contributed by atoms with Gasteiger partial charge in [0.1, 0.15) is 0 Å². The Labute approximate surface area is 122 Å². The number of nitrogens with zero attached hydrogens (tertiary/aromatic N) is 1. The van der Waals surface area contributed by atoms with Crippen LogP contribution in [0, 0.1) is 0 Å². The number of hydrogen-bond acceptors (Lipinski definition) is 2. The minimum Gasteiger partial charge on any atom is -0.363 e. The number of nitrogens with two attached hydrogens (primary N) is 1. The average Bonchev–Trinajstić information content (AvgIpc) is 2.84. The second-order valence-corrected chi connectivity index (χ2v) is 5.79. The van der Waals surface area contributed by atoms with E-state index in [-0.39, 0.29) is 6.04 Å². The lowest BCUT2D eigenvalue weighted by Crippen LogP contribution is -2.32. The predicted molar refractivity (Wildman–Crippen MR) is 83.4 cm³/mol. The molecule has 0 aromatic heterocycles. The third kappa shape index (κ3) is 2.40. The smallest absolute Gasteiger partial charge is 0.0665 e. The Bertz CT molecular complexity index is 582. The molecule has 1 unspecified atom stereocenters. The van der Waals surface area contributed by atoms with Crippen molar-refractivity contribution in [2.45, 2.75) is 12.5 Å². The highest BCUT2D eigenvalue weighted by atomic mass is 79.9. The number of anilines is 1. The van der Waals surface area contributed by atoms with Crippen LogP contribution in [0.1, 0.15) is 17.2 Å². The van der Waals surface area contributed by atoms with E-state index in [0.717, 1.165) is 17.4 Å². The standard InChI is InChI=1S/C16H17BrN2/c17-14-6-3-5-13(10-14)16(11-18)19-9-8-12-4-1-2-7-15(12)19/h1-7,10,16H,8-9,11,18H2. The molecule has 0 bridgehead atoms. The number of halogens is 1. The van der Waals surface area contributed by atoms with Crippen molar-refractivity contribution < 1.29 is 0 Å². The molecule has 0 fully saturated rings. The summed E-state index contributed by atoms with van der Waals surface area (Å²) in [5.74, 6) is 0. The molecule has 1 aliphatic heterocycles. The van der Waals surface area contributed by atoms with Gasteiger partial charge in [0.25, 0.3) is 0 Å². The predicted octanol–water partition coefficient (Wildman–Crippen LogP) is 3.51. The number of hydrogen-bond donors (Lipinski definition) is 1. The van der Waals surface area contributed by atoms with Crippen molar-refractivity contribution in [1.82, 2.24) is 0 Å². The summed E-state index contributed by atoms with van der Waals surface area (Å²) < 4.78 is 1.11. The van der Waals surface area contributed by atoms with Crippen molar-refractivity contribution in [3.63, 3.8) is 0 Å². The Hall–Kier alpha value is -1.32. The van der Waals surface area contributed by atoms with Crippen LogP contribution < -0.4 is 10.6 Å². The second kappa shape index (κ2) is 5.35. The van der Waals surface area contributed by atoms with Gasteiger partial charge in [-0.2, -0.15) is 0 Å². The molecule has 1 heterocycles. The molecule has 2 aromatic carbocycles. The van der Waals surface area contributed by atoms with E-state index in [9.17, 15) is 0 Å². The van der Waals surface area contributed by atoms with Gasteiger partial charge in [-0.3, -0.25) is 0 Å². The molecule has 2 N–H and O–H groups in total. The van der Waals surface area contributed by atoms with E-state index in [4.69, 9.17) is 5.73 Å². The monoisotopic (exact) mass is 316 g/mol. The summed E-state index contributed by atoms with van der Waals surface area (Å²) in [6.45, 7) is 1.68. The summed E-state index contributed by atoms with van der Waals surface area (Å²) in [5, 5.41) is 0. The minimum absolute atomic E-state index is 0.251. The van der Waals surface area contributed by atoms with Crippen LogP contribution in [0.25, 0.3) is 0 Å². The fourth-order valence-electron chi connectivity index (χ4n) is 2.84. The molecule has 0 amide bonds. The lowest BCUT2D eigenvalue weighted by Gasteiger charge is -2.30. The number of fused-ring (bicyclic) bond motifs is 1. The third-order valence-electron chi connectivity index (χ3n) is 3.76. The van der Waals surface area contributed by atoms with Crippen LogP contribution in [0.15, 0.2) is 53.0 Å². The van der Waals surface area contributed by atoms with Crippen molar-refractivity contribution in [1.29, 1.82) is 0 Å². The Morgan fingerprint density at radius 2 is 2.00 bits per heavy atom. The largest absolute Gasteiger partial charge is 0.363 e. The van der Waals surface area contributed by atoms with E-state index < -0.39 is 0 Å². The summed E-state index contributed by atoms with van der Waals surface area (Å²) in [5.41, 5.74) is 10.1. The van der Waals surface area contributed by atoms with E-state index in [0.29, 0.717) is 6.54 Å². The first-order chi connectivity index (χ1) is 9.29. The van der Waals surface area contributed by atoms with Gasteiger partial charge in [-0.05, 0) is 35.7 Å². The van der Waals surface area contributed by atoms with E-state index >= 15 is 0 Å². The molecule has 0 aliphatic carbocycles. The van der Waals surface area contributed by atoms with Gasteiger partial charge in [0.15, 0.2) is 0 Å². The zero-order chi connectivity index (χ0) is 13.2. The van der Waals surface area contributed by atoms with E-state index in [1.54, 1.807) is 0 Å². The van der Waals surface area contributed by atoms with Gasteiger partial charge in [0.2, 0.25) is 0 Å². The summed E-state index contributed by atoms with van der Waals surface area (Å²) >= 11 is 3.54. The summed E-state index contributed by atoms with van der Waals surface area (Å²) in [6, 6.07) is 17.3. The second-order valence-electron chi connectivity index (χ2n) is 4.88. The first-order valence-corrected chi connectivity index (χ1v) is 7.39. The highest BCUT2D eigenvalue weighted by molar-refractivity contribution is 9.10. The fraction of sp³-hybridized carbons (Fsp3) is 0.250. The van der Waals surface area contributed by atoms with Crippen molar-refractivity contribution in [2.75, 3.05) is 18.0 Å². The van der Waals surface area contributed by atoms with E-state index in [2.05, 4.69) is 69.4 Å². The van der Waals surface area contributed by atoms with Crippen molar-refractivity contribution >= 4 is 21.6 Å². The van der Waals surface area contributed by atoms with E-state index in [1.807, 2.05) is 0 Å². The van der Waals surface area contributed by atoms with Crippen molar-refractivity contribution in [2.24, 2.45) is 5.73 Å². The van der Waals surface area contributed by atoms with Gasteiger partial charge in [-0.25, -0.2) is 0 Å². The molecule has 1 atom stereocenters. The number of rotatable bonds is 3. The zero-order valence-corrected chi connectivity index (χ0v) is 12.3. The van der Waals surface area contributed by atoms with Crippen LogP contribution in [0.5, 0.6) is 0 Å². The van der Waals surface area contributed by atoms with Gasteiger partial charge in [0.05, 0.1) is 6.04 Å². The van der Waals surface area contributed by atoms with Crippen LogP contribution in [0.2, 0.25) is 0 Å². The Kier molecular flexibility index (Phi) is 3.58. The van der Waals surface area contributed by atoms with Crippen molar-refractivity contribution in [3.05, 3.63) is 64.1 Å². The van der Waals surface area contributed by atoms with Crippen LogP contribution in [0.4, 0.5) is 5.69 Å². The molecule has 0 saturated carbocycles. The van der Waals surface area contributed by atoms with Gasteiger partial charge in [0, 0.05) is 23.2 Å². The molecule has 19 heavy (non-hydrogen) atoms. The molecule has 2 aromatic rings. The molecule has 0 spiro atoms. The third-order valence-corrected chi connectivity index (χ3v) is 4.25. The summed E-state index contributed by atoms with van der Waals surface area (Å²) in [4.78, 5) is 2.43. The van der Waals surface area contributed by atoms with Crippen molar-refractivity contribution in [3.8, 4) is 0 Å². The van der Waals surface area contributed by atoms with Crippen LogP contribution in [0.3, 0.4) is 0 Å². The number of benzene rings is 2. The Morgan fingerprint density at radius 3 is 2.79 bits per heavy atom. The molecule has 2 nitrogen and oxygen atoms in total. The Balaban J connectivity index is 1.96. The molecule has 1 aliphatic rings. The van der Waals surface area contributed by atoms with Crippen LogP contribution >= 0.6 is 15.9 Å². The van der Waals surface area contributed by atoms with Gasteiger partial charge in [-0.15, -0.1) is 0 Å². The summed E-state index contributed by atoms with van der Waals surface area (Å²) in [6.07, 6.45) is 1.11. The molecular weight excluding hydrogens is 300 g/mol. The fourth-order valence-corrected chi connectivity index (χ4v) is 3.26. The maximum Gasteiger partial charge on any atom is 0.0665 e. The zero-order valence-electron chi connectivity index (χ0n) is 10.7. The molecule has 3 heteroatoms. The molecule has 0 radical (unpaired) electrons. The maximum atomic E-state index is 6.03. The lowest BCUT2D eigenvalue weighted by atomic mass is 10.1. The van der Waals surface area contributed by atoms with Gasteiger partial charge < -0.3 is 10.6 Å². The normalized spacial score (nSPS) is 15.4. The highest BCUT2D eigenvalue weighted by Crippen LogP contribution is 2.35. The van der Waals surface area contributed by atoms with Crippen LogP contribution in [-0.4, -0.2) is 13.1 Å². The molecule has 98 valence electrons. The van der Waals surface area contributed by atoms with E-state index in [1.165, 1.54) is 16.8 Å².